The van der Waals surface area contributed by atoms with Gasteiger partial charge in [-0.1, -0.05) is 30.3 Å². The van der Waals surface area contributed by atoms with Crippen molar-refractivity contribution in [3.05, 3.63) is 57.8 Å². The molecule has 10 heteroatoms. The Morgan fingerprint density at radius 1 is 1.09 bits per heavy atom. The fourth-order valence-corrected chi connectivity index (χ4v) is 5.72. The van der Waals surface area contributed by atoms with Crippen LogP contribution in [-0.2, 0) is 22.4 Å². The number of hydrogen-bond donors (Lipinski definition) is 4. The standard InChI is InChI=1S/C25H34N4O4S2/c26-19(25(33)29-12-13-34-16-29)8-4-5-11-28-24(32)22-10-9-18(35-22)15-21(30)23(31)20(27)14-17-6-2-1-3-7-17/h1-3,6-7,9-10,19-20,23,31H,4-5,8,11-16,26-27H2,(H,28,32). The van der Waals surface area contributed by atoms with Gasteiger partial charge in [0.05, 0.1) is 16.8 Å². The minimum absolute atomic E-state index is 0.00541. The van der Waals surface area contributed by atoms with Crippen LogP contribution in [0.1, 0.15) is 39.4 Å². The summed E-state index contributed by atoms with van der Waals surface area (Å²) in [7, 11) is 0. The molecule has 1 aromatic carbocycles. The van der Waals surface area contributed by atoms with Gasteiger partial charge in [0.1, 0.15) is 6.10 Å². The van der Waals surface area contributed by atoms with E-state index < -0.39 is 18.2 Å². The Morgan fingerprint density at radius 2 is 1.86 bits per heavy atom. The van der Waals surface area contributed by atoms with Gasteiger partial charge in [-0.25, -0.2) is 0 Å². The number of Topliss-reactive ketones (excluding diaryl/α,β-unsaturated/α-hetero) is 1. The van der Waals surface area contributed by atoms with Gasteiger partial charge in [0.15, 0.2) is 5.78 Å². The number of ketones is 1. The average molecular weight is 519 g/mol. The van der Waals surface area contributed by atoms with Crippen molar-refractivity contribution in [3.63, 3.8) is 0 Å². The molecule has 2 heterocycles. The fourth-order valence-electron chi connectivity index (χ4n) is 3.83. The molecule has 1 aromatic heterocycles. The van der Waals surface area contributed by atoms with Gasteiger partial charge in [0.25, 0.3) is 5.91 Å². The number of hydrogen-bond acceptors (Lipinski definition) is 8. The van der Waals surface area contributed by atoms with Crippen LogP contribution < -0.4 is 16.8 Å². The largest absolute Gasteiger partial charge is 0.384 e. The molecule has 0 saturated carbocycles. The van der Waals surface area contributed by atoms with Crippen LogP contribution in [0.25, 0.3) is 0 Å². The Hall–Kier alpha value is -2.24. The van der Waals surface area contributed by atoms with Crippen molar-refractivity contribution in [2.75, 3.05) is 24.7 Å². The van der Waals surface area contributed by atoms with E-state index in [1.54, 1.807) is 28.8 Å². The molecular weight excluding hydrogens is 484 g/mol. The highest BCUT2D eigenvalue weighted by atomic mass is 32.2. The number of thioether (sulfide) groups is 1. The number of benzene rings is 1. The quantitative estimate of drug-likeness (QED) is 0.295. The first kappa shape index (κ1) is 27.3. The summed E-state index contributed by atoms with van der Waals surface area (Å²) in [5.41, 5.74) is 13.0. The van der Waals surface area contributed by atoms with Crippen LogP contribution in [0.4, 0.5) is 0 Å². The first-order valence-electron chi connectivity index (χ1n) is 11.8. The van der Waals surface area contributed by atoms with Crippen molar-refractivity contribution >= 4 is 40.7 Å². The van der Waals surface area contributed by atoms with Gasteiger partial charge in [0.2, 0.25) is 5.91 Å². The number of unbranched alkanes of at least 4 members (excludes halogenated alkanes) is 1. The van der Waals surface area contributed by atoms with E-state index in [-0.39, 0.29) is 24.0 Å². The van der Waals surface area contributed by atoms with Gasteiger partial charge in [-0.3, -0.25) is 14.4 Å². The molecule has 3 rings (SSSR count). The smallest absolute Gasteiger partial charge is 0.261 e. The summed E-state index contributed by atoms with van der Waals surface area (Å²) >= 11 is 2.97. The molecule has 8 nitrogen and oxygen atoms in total. The van der Waals surface area contributed by atoms with Gasteiger partial charge < -0.3 is 26.8 Å². The lowest BCUT2D eigenvalue weighted by Gasteiger charge is -2.19. The van der Waals surface area contributed by atoms with Crippen LogP contribution in [0.2, 0.25) is 0 Å². The highest BCUT2D eigenvalue weighted by Gasteiger charge is 2.25. The van der Waals surface area contributed by atoms with Crippen molar-refractivity contribution in [1.82, 2.24) is 10.2 Å². The van der Waals surface area contributed by atoms with Crippen molar-refractivity contribution < 1.29 is 19.5 Å². The molecule has 190 valence electrons. The Kier molecular flexibility index (Phi) is 10.7. The molecule has 1 fully saturated rings. The molecule has 3 unspecified atom stereocenters. The van der Waals surface area contributed by atoms with E-state index in [2.05, 4.69) is 5.32 Å². The fraction of sp³-hybridized carbons (Fsp3) is 0.480. The topological polar surface area (TPSA) is 139 Å². The zero-order valence-electron chi connectivity index (χ0n) is 19.7. The lowest BCUT2D eigenvalue weighted by molar-refractivity contribution is -0.131. The number of rotatable bonds is 13. The van der Waals surface area contributed by atoms with Gasteiger partial charge in [-0.05, 0) is 43.4 Å². The summed E-state index contributed by atoms with van der Waals surface area (Å²) in [4.78, 5) is 40.1. The molecule has 6 N–H and O–H groups in total. The van der Waals surface area contributed by atoms with Gasteiger partial charge >= 0.3 is 0 Å². The maximum atomic E-state index is 12.5. The van der Waals surface area contributed by atoms with Crippen LogP contribution in [-0.4, -0.2) is 70.5 Å². The molecule has 1 saturated heterocycles. The summed E-state index contributed by atoms with van der Waals surface area (Å²) in [5.74, 6) is 1.12. The van der Waals surface area contributed by atoms with E-state index in [4.69, 9.17) is 11.5 Å². The van der Waals surface area contributed by atoms with Crippen molar-refractivity contribution in [2.45, 2.75) is 50.3 Å². The molecule has 0 bridgehead atoms. The molecular formula is C25H34N4O4S2. The molecule has 3 atom stereocenters. The third kappa shape index (κ3) is 8.43. The second-order valence-corrected chi connectivity index (χ2v) is 10.9. The number of nitrogens with one attached hydrogen (secondary N) is 1. The number of nitrogens with two attached hydrogens (primary N) is 2. The van der Waals surface area contributed by atoms with Crippen molar-refractivity contribution in [3.8, 4) is 0 Å². The van der Waals surface area contributed by atoms with Gasteiger partial charge in [-0.15, -0.1) is 23.1 Å². The maximum absolute atomic E-state index is 12.5. The Bertz CT molecular complexity index is 979. The van der Waals surface area contributed by atoms with Gasteiger partial charge in [-0.2, -0.15) is 0 Å². The Labute approximate surface area is 214 Å². The summed E-state index contributed by atoms with van der Waals surface area (Å²) in [6, 6.07) is 11.7. The molecule has 1 aliphatic rings. The van der Waals surface area contributed by atoms with Crippen LogP contribution in [0, 0.1) is 0 Å². The molecule has 1 aliphatic heterocycles. The predicted octanol–water partition coefficient (Wildman–Crippen LogP) is 1.55. The number of nitrogens with zero attached hydrogens (tertiary/aromatic N) is 1. The SMILES string of the molecule is NC(CCCCNC(=O)c1ccc(CC(=O)C(O)C(N)Cc2ccccc2)s1)C(=O)N1CCSC1. The van der Waals surface area contributed by atoms with E-state index in [1.807, 2.05) is 30.3 Å². The number of carbonyl (C=O) groups excluding carboxylic acids is 3. The van der Waals surface area contributed by atoms with Crippen molar-refractivity contribution in [1.29, 1.82) is 0 Å². The second-order valence-electron chi connectivity index (χ2n) is 8.70. The Balaban J connectivity index is 1.35. The molecule has 0 spiro atoms. The summed E-state index contributed by atoms with van der Waals surface area (Å²) in [5, 5.41) is 13.2. The second kappa shape index (κ2) is 13.7. The lowest BCUT2D eigenvalue weighted by Crippen LogP contribution is -2.42. The zero-order chi connectivity index (χ0) is 25.2. The van der Waals surface area contributed by atoms with Crippen molar-refractivity contribution in [2.24, 2.45) is 11.5 Å². The van der Waals surface area contributed by atoms with E-state index in [0.717, 1.165) is 36.6 Å². The number of aliphatic hydroxyl groups is 1. The summed E-state index contributed by atoms with van der Waals surface area (Å²) < 4.78 is 0. The predicted molar refractivity (Wildman–Crippen MR) is 140 cm³/mol. The van der Waals surface area contributed by atoms with Gasteiger partial charge in [0, 0.05) is 36.2 Å². The molecule has 2 aromatic rings. The first-order chi connectivity index (χ1) is 16.8. The molecule has 2 amide bonds. The number of aliphatic hydroxyl groups excluding tert-OH is 1. The van der Waals surface area contributed by atoms with E-state index in [9.17, 15) is 19.5 Å². The van der Waals surface area contributed by atoms with E-state index >= 15 is 0 Å². The summed E-state index contributed by atoms with van der Waals surface area (Å²) in [6.45, 7) is 1.25. The first-order valence-corrected chi connectivity index (χ1v) is 13.8. The maximum Gasteiger partial charge on any atom is 0.261 e. The third-order valence-electron chi connectivity index (χ3n) is 5.89. The minimum Gasteiger partial charge on any atom is -0.384 e. The van der Waals surface area contributed by atoms with Crippen LogP contribution in [0.3, 0.4) is 0 Å². The highest BCUT2D eigenvalue weighted by Crippen LogP contribution is 2.19. The highest BCUT2D eigenvalue weighted by molar-refractivity contribution is 7.99. The number of thiophene rings is 1. The number of carbonyl (C=O) groups is 3. The van der Waals surface area contributed by atoms with E-state index in [1.165, 1.54) is 11.3 Å². The van der Waals surface area contributed by atoms with Crippen LogP contribution >= 0.6 is 23.1 Å². The molecule has 0 aliphatic carbocycles. The minimum atomic E-state index is -1.27. The summed E-state index contributed by atoms with van der Waals surface area (Å²) in [6.07, 6.45) is 1.24. The zero-order valence-corrected chi connectivity index (χ0v) is 21.4. The van der Waals surface area contributed by atoms with Crippen LogP contribution in [0.15, 0.2) is 42.5 Å². The molecule has 35 heavy (non-hydrogen) atoms. The third-order valence-corrected chi connectivity index (χ3v) is 7.94. The lowest BCUT2D eigenvalue weighted by atomic mass is 9.98. The van der Waals surface area contributed by atoms with Crippen LogP contribution in [0.5, 0.6) is 0 Å². The monoisotopic (exact) mass is 518 g/mol. The normalized spacial score (nSPS) is 16.0. The molecule has 0 radical (unpaired) electrons. The Morgan fingerprint density at radius 3 is 2.57 bits per heavy atom. The van der Waals surface area contributed by atoms with E-state index in [0.29, 0.717) is 29.1 Å². The average Bonchev–Trinajstić information content (AvgIpc) is 3.56. The number of amides is 2.